The van der Waals surface area contributed by atoms with Crippen LogP contribution in [0.4, 0.5) is 0 Å². The monoisotopic (exact) mass is 461 g/mol. The lowest BCUT2D eigenvalue weighted by atomic mass is 9.94. The zero-order chi connectivity index (χ0) is 24.2. The Morgan fingerprint density at radius 1 is 1.03 bits per heavy atom. The first-order valence-corrected chi connectivity index (χ1v) is 11.1. The summed E-state index contributed by atoms with van der Waals surface area (Å²) in [4.78, 5) is 27.9. The first-order valence-electron chi connectivity index (χ1n) is 11.1. The Morgan fingerprint density at radius 2 is 1.74 bits per heavy atom. The number of carbonyl (C=O) groups excluding carboxylic acids is 2. The summed E-state index contributed by atoms with van der Waals surface area (Å²) in [6.07, 6.45) is 2.75. The second-order valence-electron chi connectivity index (χ2n) is 8.00. The highest BCUT2D eigenvalue weighted by Crippen LogP contribution is 2.39. The number of amides is 1. The minimum absolute atomic E-state index is 0.0245. The molecule has 0 bridgehead atoms. The van der Waals surface area contributed by atoms with Gasteiger partial charge in [-0.2, -0.15) is 0 Å². The number of aliphatic hydroxyl groups is 1. The molecular formula is C27H27NO6. The molecule has 0 saturated heterocycles. The largest absolute Gasteiger partial charge is 0.503 e. The van der Waals surface area contributed by atoms with Crippen LogP contribution in [0.15, 0.2) is 76.6 Å². The average molecular weight is 462 g/mol. The molecule has 1 N–H and O–H groups in total. The number of furan rings is 1. The minimum atomic E-state index is -0.726. The predicted octanol–water partition coefficient (Wildman–Crippen LogP) is 4.68. The minimum Gasteiger partial charge on any atom is -0.503 e. The zero-order valence-electron chi connectivity index (χ0n) is 19.4. The smallest absolute Gasteiger partial charge is 0.290 e. The molecule has 1 aromatic heterocycles. The highest BCUT2D eigenvalue weighted by atomic mass is 16.5. The summed E-state index contributed by atoms with van der Waals surface area (Å²) in [7, 11) is 3.14. The number of nitrogens with zero attached hydrogens (tertiary/aromatic N) is 1. The fourth-order valence-electron chi connectivity index (χ4n) is 4.22. The second kappa shape index (κ2) is 9.87. The van der Waals surface area contributed by atoms with Crippen LogP contribution < -0.4 is 9.47 Å². The van der Waals surface area contributed by atoms with Crippen molar-refractivity contribution in [2.24, 2.45) is 0 Å². The van der Waals surface area contributed by atoms with Gasteiger partial charge in [-0.15, -0.1) is 0 Å². The number of rotatable bonds is 9. The molecule has 0 saturated carbocycles. The van der Waals surface area contributed by atoms with E-state index in [0.717, 1.165) is 23.1 Å². The van der Waals surface area contributed by atoms with Gasteiger partial charge in [0.2, 0.25) is 5.78 Å². The van der Waals surface area contributed by atoms with Gasteiger partial charge in [-0.3, -0.25) is 9.59 Å². The van der Waals surface area contributed by atoms with E-state index in [-0.39, 0.29) is 17.9 Å². The topological polar surface area (TPSA) is 89.2 Å². The van der Waals surface area contributed by atoms with Crippen molar-refractivity contribution in [2.75, 3.05) is 20.8 Å². The van der Waals surface area contributed by atoms with E-state index in [9.17, 15) is 14.7 Å². The summed E-state index contributed by atoms with van der Waals surface area (Å²) in [6, 6.07) is 15.7. The van der Waals surface area contributed by atoms with Crippen molar-refractivity contribution in [3.63, 3.8) is 0 Å². The fraction of sp³-hybridized carbons (Fsp3) is 0.259. The van der Waals surface area contributed by atoms with Crippen molar-refractivity contribution in [3.8, 4) is 11.5 Å². The summed E-state index contributed by atoms with van der Waals surface area (Å²) in [6.45, 7) is 2.34. The van der Waals surface area contributed by atoms with E-state index in [0.29, 0.717) is 17.9 Å². The van der Waals surface area contributed by atoms with Crippen LogP contribution in [-0.2, 0) is 17.6 Å². The van der Waals surface area contributed by atoms with E-state index in [1.165, 1.54) is 17.2 Å². The molecule has 2 heterocycles. The molecule has 3 aromatic rings. The molecule has 1 unspecified atom stereocenters. The Bertz CT molecular complexity index is 1210. The number of aryl methyl sites for hydroxylation is 1. The molecule has 1 amide bonds. The number of aliphatic hydroxyl groups excluding tert-OH is 1. The Kier molecular flexibility index (Phi) is 6.72. The maximum atomic E-state index is 13.2. The molecule has 0 radical (unpaired) electrons. The SMILES string of the molecule is CCc1ccc(C2C(C(=O)c3ccco3)=C(O)C(=O)N2CCc2ccc(OC)c(OC)c2)cc1. The van der Waals surface area contributed by atoms with Gasteiger partial charge in [0.1, 0.15) is 0 Å². The van der Waals surface area contributed by atoms with E-state index in [1.807, 2.05) is 42.5 Å². The number of hydrogen-bond donors (Lipinski definition) is 1. The maximum Gasteiger partial charge on any atom is 0.290 e. The van der Waals surface area contributed by atoms with Crippen molar-refractivity contribution in [3.05, 3.63) is 94.6 Å². The first kappa shape index (κ1) is 23.2. The van der Waals surface area contributed by atoms with Crippen LogP contribution in [0.1, 0.15) is 40.2 Å². The molecule has 176 valence electrons. The quantitative estimate of drug-likeness (QED) is 0.466. The number of benzene rings is 2. The van der Waals surface area contributed by atoms with Crippen LogP contribution in [-0.4, -0.2) is 42.5 Å². The van der Waals surface area contributed by atoms with Crippen LogP contribution >= 0.6 is 0 Å². The molecule has 2 aromatic carbocycles. The number of methoxy groups -OCH3 is 2. The Labute approximate surface area is 198 Å². The van der Waals surface area contributed by atoms with Gasteiger partial charge < -0.3 is 23.9 Å². The second-order valence-corrected chi connectivity index (χ2v) is 8.00. The molecule has 0 spiro atoms. The summed E-state index contributed by atoms with van der Waals surface area (Å²) in [5.41, 5.74) is 2.83. The van der Waals surface area contributed by atoms with Crippen LogP contribution in [0, 0.1) is 0 Å². The molecule has 1 aliphatic rings. The van der Waals surface area contributed by atoms with Crippen molar-refractivity contribution >= 4 is 11.7 Å². The third-order valence-corrected chi connectivity index (χ3v) is 6.09. The molecule has 4 rings (SSSR count). The standard InChI is InChI=1S/C27H27NO6/c1-4-17-7-10-19(11-8-17)24-23(25(29)21-6-5-15-34-21)26(30)27(31)28(24)14-13-18-9-12-20(32-2)22(16-18)33-3/h5-12,15-16,24,30H,4,13-14H2,1-3H3. The molecule has 34 heavy (non-hydrogen) atoms. The van der Waals surface area contributed by atoms with Crippen LogP contribution in [0.3, 0.4) is 0 Å². The zero-order valence-corrected chi connectivity index (χ0v) is 19.4. The average Bonchev–Trinajstić information content (AvgIpc) is 3.50. The lowest BCUT2D eigenvalue weighted by Gasteiger charge is -2.27. The van der Waals surface area contributed by atoms with E-state index in [4.69, 9.17) is 13.9 Å². The predicted molar refractivity (Wildman–Crippen MR) is 126 cm³/mol. The van der Waals surface area contributed by atoms with Crippen LogP contribution in [0.25, 0.3) is 0 Å². The van der Waals surface area contributed by atoms with E-state index < -0.39 is 23.5 Å². The van der Waals surface area contributed by atoms with Crippen molar-refractivity contribution in [1.82, 2.24) is 4.90 Å². The highest BCUT2D eigenvalue weighted by Gasteiger charge is 2.44. The van der Waals surface area contributed by atoms with E-state index in [2.05, 4.69) is 6.92 Å². The lowest BCUT2D eigenvalue weighted by molar-refractivity contribution is -0.129. The molecular weight excluding hydrogens is 434 g/mol. The van der Waals surface area contributed by atoms with E-state index >= 15 is 0 Å². The third kappa shape index (κ3) is 4.29. The first-order chi connectivity index (χ1) is 16.5. The summed E-state index contributed by atoms with van der Waals surface area (Å²) < 4.78 is 15.9. The van der Waals surface area contributed by atoms with E-state index in [1.54, 1.807) is 20.3 Å². The number of ketones is 1. The summed E-state index contributed by atoms with van der Waals surface area (Å²) in [5.74, 6) is -0.351. The Morgan fingerprint density at radius 3 is 2.35 bits per heavy atom. The highest BCUT2D eigenvalue weighted by molar-refractivity contribution is 6.15. The molecule has 1 aliphatic heterocycles. The molecule has 7 heteroatoms. The number of Topliss-reactive ketones (excluding diaryl/α,β-unsaturated/α-hetero) is 1. The normalized spacial score (nSPS) is 15.7. The van der Waals surface area contributed by atoms with Gasteiger partial charge in [0, 0.05) is 6.54 Å². The number of hydrogen-bond acceptors (Lipinski definition) is 6. The van der Waals surface area contributed by atoms with Gasteiger partial charge in [0.15, 0.2) is 23.0 Å². The number of ether oxygens (including phenoxy) is 2. The number of carbonyl (C=O) groups is 2. The van der Waals surface area contributed by atoms with Crippen molar-refractivity contribution < 1.29 is 28.6 Å². The third-order valence-electron chi connectivity index (χ3n) is 6.09. The molecule has 1 atom stereocenters. The lowest BCUT2D eigenvalue weighted by Crippen LogP contribution is -2.33. The molecule has 0 fully saturated rings. The summed E-state index contributed by atoms with van der Waals surface area (Å²) in [5, 5.41) is 10.8. The van der Waals surface area contributed by atoms with Gasteiger partial charge in [0.25, 0.3) is 5.91 Å². The van der Waals surface area contributed by atoms with Gasteiger partial charge in [-0.05, 0) is 53.8 Å². The van der Waals surface area contributed by atoms with Crippen LogP contribution in [0.5, 0.6) is 11.5 Å². The molecule has 0 aliphatic carbocycles. The Balaban J connectivity index is 1.67. The molecule has 7 nitrogen and oxygen atoms in total. The Hall–Kier alpha value is -4.00. The van der Waals surface area contributed by atoms with Gasteiger partial charge in [-0.1, -0.05) is 37.3 Å². The van der Waals surface area contributed by atoms with Crippen LogP contribution in [0.2, 0.25) is 0 Å². The van der Waals surface area contributed by atoms with Crippen molar-refractivity contribution in [1.29, 1.82) is 0 Å². The van der Waals surface area contributed by atoms with Gasteiger partial charge in [0.05, 0.1) is 32.1 Å². The summed E-state index contributed by atoms with van der Waals surface area (Å²) >= 11 is 0. The fourth-order valence-corrected chi connectivity index (χ4v) is 4.22. The maximum absolute atomic E-state index is 13.2. The van der Waals surface area contributed by atoms with Crippen molar-refractivity contribution in [2.45, 2.75) is 25.8 Å². The van der Waals surface area contributed by atoms with Gasteiger partial charge >= 0.3 is 0 Å². The van der Waals surface area contributed by atoms with Gasteiger partial charge in [-0.25, -0.2) is 0 Å².